The number of pyridine rings is 1. The predicted octanol–water partition coefficient (Wildman–Crippen LogP) is 3.86. The lowest BCUT2D eigenvalue weighted by Crippen LogP contribution is -1.99. The maximum Gasteiger partial charge on any atom is 0.126 e. The Labute approximate surface area is 110 Å². The number of halogens is 1. The summed E-state index contributed by atoms with van der Waals surface area (Å²) in [6.07, 6.45) is 3.59. The number of benzene rings is 1. The highest BCUT2D eigenvalue weighted by atomic mass is 79.9. The third-order valence-corrected chi connectivity index (χ3v) is 3.15. The first-order valence-electron chi connectivity index (χ1n) is 5.47. The van der Waals surface area contributed by atoms with Crippen LogP contribution in [0.2, 0.25) is 0 Å². The first-order chi connectivity index (χ1) is 8.31. The Balaban J connectivity index is 2.14. The zero-order valence-electron chi connectivity index (χ0n) is 9.69. The summed E-state index contributed by atoms with van der Waals surface area (Å²) in [6, 6.07) is 10.1. The van der Waals surface area contributed by atoms with Gasteiger partial charge in [0.05, 0.1) is 0 Å². The summed E-state index contributed by atoms with van der Waals surface area (Å²) < 4.78 is 5.87. The first kappa shape index (κ1) is 12.1. The Morgan fingerprint density at radius 3 is 2.82 bits per heavy atom. The van der Waals surface area contributed by atoms with Gasteiger partial charge in [0.2, 0.25) is 0 Å². The van der Waals surface area contributed by atoms with Crippen molar-refractivity contribution in [2.24, 2.45) is 0 Å². The van der Waals surface area contributed by atoms with E-state index in [1.54, 1.807) is 6.20 Å². The quantitative estimate of drug-likeness (QED) is 0.798. The highest BCUT2D eigenvalue weighted by Crippen LogP contribution is 2.26. The molecule has 17 heavy (non-hydrogen) atoms. The van der Waals surface area contributed by atoms with Crippen molar-refractivity contribution in [3.8, 4) is 5.75 Å². The molecule has 3 heteroatoms. The molecule has 0 atom stereocenters. The number of ether oxygens (including phenoxy) is 1. The maximum absolute atomic E-state index is 5.87. The number of para-hydroxylation sites is 1. The summed E-state index contributed by atoms with van der Waals surface area (Å²) >= 11 is 3.48. The molecule has 0 saturated heterocycles. The molecule has 2 nitrogen and oxygen atoms in total. The lowest BCUT2D eigenvalue weighted by molar-refractivity contribution is 0.301. The molecule has 0 saturated carbocycles. The monoisotopic (exact) mass is 291 g/mol. The van der Waals surface area contributed by atoms with Gasteiger partial charge in [0.15, 0.2) is 0 Å². The minimum atomic E-state index is 0.554. The van der Waals surface area contributed by atoms with Crippen molar-refractivity contribution < 1.29 is 4.74 Å². The molecule has 0 aliphatic heterocycles. The highest BCUT2D eigenvalue weighted by Gasteiger charge is 2.05. The molecule has 0 aliphatic rings. The Morgan fingerprint density at radius 1 is 1.24 bits per heavy atom. The molecule has 0 radical (unpaired) electrons. The van der Waals surface area contributed by atoms with Gasteiger partial charge in [0, 0.05) is 28.9 Å². The summed E-state index contributed by atoms with van der Waals surface area (Å²) in [5.74, 6) is 0.966. The molecule has 0 amide bonds. The number of hydrogen-bond donors (Lipinski definition) is 0. The van der Waals surface area contributed by atoms with E-state index in [4.69, 9.17) is 4.74 Å². The fraction of sp³-hybridized carbons (Fsp3) is 0.214. The van der Waals surface area contributed by atoms with Gasteiger partial charge in [0.1, 0.15) is 12.4 Å². The number of hydrogen-bond acceptors (Lipinski definition) is 2. The summed E-state index contributed by atoms with van der Waals surface area (Å²) in [5.41, 5.74) is 3.41. The van der Waals surface area contributed by atoms with Gasteiger partial charge in [-0.1, -0.05) is 40.2 Å². The molecule has 0 spiro atoms. The van der Waals surface area contributed by atoms with Gasteiger partial charge in [-0.2, -0.15) is 0 Å². The van der Waals surface area contributed by atoms with E-state index in [2.05, 4.69) is 40.0 Å². The number of nitrogens with zero attached hydrogens (tertiary/aromatic N) is 1. The van der Waals surface area contributed by atoms with Gasteiger partial charge in [0.25, 0.3) is 0 Å². The van der Waals surface area contributed by atoms with Crippen molar-refractivity contribution in [3.63, 3.8) is 0 Å². The Hall–Kier alpha value is -1.35. The highest BCUT2D eigenvalue weighted by molar-refractivity contribution is 9.08. The molecule has 2 aromatic rings. The lowest BCUT2D eigenvalue weighted by atomic mass is 10.1. The van der Waals surface area contributed by atoms with Crippen molar-refractivity contribution in [1.82, 2.24) is 4.98 Å². The molecular formula is C14H14BrNO. The van der Waals surface area contributed by atoms with Crippen LogP contribution in [0, 0.1) is 6.92 Å². The van der Waals surface area contributed by atoms with E-state index in [9.17, 15) is 0 Å². The molecule has 0 unspecified atom stereocenters. The SMILES string of the molecule is Cc1cccc(CBr)c1OCc1cccnc1. The Morgan fingerprint density at radius 2 is 2.12 bits per heavy atom. The molecule has 0 bridgehead atoms. The van der Waals surface area contributed by atoms with Gasteiger partial charge in [-0.05, 0) is 18.6 Å². The summed E-state index contributed by atoms with van der Waals surface area (Å²) in [6.45, 7) is 2.61. The zero-order chi connectivity index (χ0) is 12.1. The second-order valence-corrected chi connectivity index (χ2v) is 4.41. The lowest BCUT2D eigenvalue weighted by Gasteiger charge is -2.12. The molecule has 1 aromatic carbocycles. The summed E-state index contributed by atoms with van der Waals surface area (Å²) in [7, 11) is 0. The van der Waals surface area contributed by atoms with Crippen LogP contribution in [0.25, 0.3) is 0 Å². The Kier molecular flexibility index (Phi) is 4.15. The zero-order valence-corrected chi connectivity index (χ0v) is 11.3. The van der Waals surface area contributed by atoms with Crippen LogP contribution in [-0.2, 0) is 11.9 Å². The van der Waals surface area contributed by atoms with Crippen molar-refractivity contribution in [2.75, 3.05) is 0 Å². The smallest absolute Gasteiger partial charge is 0.126 e. The van der Waals surface area contributed by atoms with Crippen molar-refractivity contribution in [3.05, 3.63) is 59.4 Å². The van der Waals surface area contributed by atoms with E-state index in [0.29, 0.717) is 6.61 Å². The third kappa shape index (κ3) is 3.07. The summed E-state index contributed by atoms with van der Waals surface area (Å²) in [5, 5.41) is 0.803. The van der Waals surface area contributed by atoms with Gasteiger partial charge in [-0.25, -0.2) is 0 Å². The van der Waals surface area contributed by atoms with E-state index in [-0.39, 0.29) is 0 Å². The third-order valence-electron chi connectivity index (χ3n) is 2.54. The molecule has 0 N–H and O–H groups in total. The second-order valence-electron chi connectivity index (χ2n) is 3.85. The van der Waals surface area contributed by atoms with E-state index >= 15 is 0 Å². The van der Waals surface area contributed by atoms with Gasteiger partial charge in [-0.15, -0.1) is 0 Å². The van der Waals surface area contributed by atoms with Crippen molar-refractivity contribution >= 4 is 15.9 Å². The molecular weight excluding hydrogens is 278 g/mol. The van der Waals surface area contributed by atoms with Gasteiger partial charge >= 0.3 is 0 Å². The standard InChI is InChI=1S/C14H14BrNO/c1-11-4-2-6-13(8-15)14(11)17-10-12-5-3-7-16-9-12/h2-7,9H,8,10H2,1H3. The predicted molar refractivity (Wildman–Crippen MR) is 72.4 cm³/mol. The topological polar surface area (TPSA) is 22.1 Å². The normalized spacial score (nSPS) is 10.2. The fourth-order valence-electron chi connectivity index (χ4n) is 1.66. The minimum Gasteiger partial charge on any atom is -0.488 e. The molecule has 0 fully saturated rings. The molecule has 1 aromatic heterocycles. The molecule has 0 aliphatic carbocycles. The van der Waals surface area contributed by atoms with Crippen LogP contribution in [0.5, 0.6) is 5.75 Å². The Bertz CT molecular complexity index is 485. The molecule has 1 heterocycles. The maximum atomic E-state index is 5.87. The first-order valence-corrected chi connectivity index (χ1v) is 6.59. The van der Waals surface area contributed by atoms with Crippen LogP contribution < -0.4 is 4.74 Å². The van der Waals surface area contributed by atoms with Crippen LogP contribution in [0.15, 0.2) is 42.7 Å². The number of alkyl halides is 1. The van der Waals surface area contributed by atoms with Crippen LogP contribution in [0.1, 0.15) is 16.7 Å². The minimum absolute atomic E-state index is 0.554. The van der Waals surface area contributed by atoms with Gasteiger partial charge in [-0.3, -0.25) is 4.98 Å². The largest absolute Gasteiger partial charge is 0.488 e. The molecule has 88 valence electrons. The fourth-order valence-corrected chi connectivity index (χ4v) is 2.11. The average molecular weight is 292 g/mol. The molecule has 2 rings (SSSR count). The van der Waals surface area contributed by atoms with E-state index in [1.165, 1.54) is 5.56 Å². The second kappa shape index (κ2) is 5.82. The van der Waals surface area contributed by atoms with E-state index < -0.39 is 0 Å². The van der Waals surface area contributed by atoms with Crippen LogP contribution in [0.4, 0.5) is 0 Å². The van der Waals surface area contributed by atoms with Crippen LogP contribution in [-0.4, -0.2) is 4.98 Å². The number of rotatable bonds is 4. The van der Waals surface area contributed by atoms with Crippen molar-refractivity contribution in [1.29, 1.82) is 0 Å². The number of aryl methyl sites for hydroxylation is 1. The van der Waals surface area contributed by atoms with Crippen LogP contribution in [0.3, 0.4) is 0 Å². The number of aromatic nitrogens is 1. The van der Waals surface area contributed by atoms with Crippen LogP contribution >= 0.6 is 15.9 Å². The van der Waals surface area contributed by atoms with E-state index in [1.807, 2.05) is 24.4 Å². The van der Waals surface area contributed by atoms with Crippen molar-refractivity contribution in [2.45, 2.75) is 18.9 Å². The van der Waals surface area contributed by atoms with Gasteiger partial charge < -0.3 is 4.74 Å². The average Bonchev–Trinajstić information content (AvgIpc) is 2.38. The summed E-state index contributed by atoms with van der Waals surface area (Å²) in [4.78, 5) is 4.07. The van der Waals surface area contributed by atoms with E-state index in [0.717, 1.165) is 22.2 Å².